The molecule has 0 bridgehead atoms. The average Bonchev–Trinajstić information content (AvgIpc) is 2.95. The van der Waals surface area contributed by atoms with Gasteiger partial charge in [-0.3, -0.25) is 10.1 Å². The van der Waals surface area contributed by atoms with Crippen LogP contribution in [-0.2, 0) is 10.8 Å². The highest BCUT2D eigenvalue weighted by Gasteiger charge is 2.38. The topological polar surface area (TPSA) is 73.1 Å². The molecule has 0 saturated carbocycles. The lowest BCUT2D eigenvalue weighted by Crippen LogP contribution is -2.16. The van der Waals surface area contributed by atoms with Crippen molar-refractivity contribution in [2.45, 2.75) is 19.6 Å². The van der Waals surface area contributed by atoms with Gasteiger partial charge in [-0.2, -0.15) is 13.2 Å². The number of alkyl halides is 3. The number of fused-ring (bicyclic) bond motifs is 1. The van der Waals surface area contributed by atoms with Gasteiger partial charge in [0.05, 0.1) is 24.9 Å². The molecule has 1 atom stereocenters. The number of halogens is 3. The maximum atomic E-state index is 12.5. The molecule has 3 rings (SSSR count). The molecule has 0 amide bonds. The van der Waals surface area contributed by atoms with Gasteiger partial charge in [0, 0.05) is 6.07 Å². The Hall–Kier alpha value is -1.98. The van der Waals surface area contributed by atoms with E-state index in [4.69, 9.17) is 0 Å². The van der Waals surface area contributed by atoms with Gasteiger partial charge in [-0.05, 0) is 24.3 Å². The van der Waals surface area contributed by atoms with Crippen LogP contribution >= 0.6 is 23.1 Å². The number of nitrogens with zero attached hydrogens (tertiary/aromatic N) is 2. The van der Waals surface area contributed by atoms with Crippen LogP contribution in [0, 0.1) is 10.1 Å². The van der Waals surface area contributed by atoms with E-state index in [0.717, 1.165) is 34.1 Å². The van der Waals surface area contributed by atoms with E-state index in [-0.39, 0.29) is 4.90 Å². The highest BCUT2D eigenvalue weighted by atomic mass is 32.2. The van der Waals surface area contributed by atoms with Gasteiger partial charge >= 0.3 is 5.51 Å². The Morgan fingerprint density at radius 3 is 2.56 bits per heavy atom. The van der Waals surface area contributed by atoms with Gasteiger partial charge in [0.15, 0.2) is 15.1 Å². The number of hydrogen-bond donors (Lipinski definition) is 0. The summed E-state index contributed by atoms with van der Waals surface area (Å²) < 4.78 is 50.4. The van der Waals surface area contributed by atoms with Crippen molar-refractivity contribution in [2.75, 3.05) is 0 Å². The van der Waals surface area contributed by atoms with Gasteiger partial charge in [0.25, 0.3) is 5.69 Å². The van der Waals surface area contributed by atoms with E-state index in [2.05, 4.69) is 4.98 Å². The molecule has 0 spiro atoms. The highest BCUT2D eigenvalue weighted by Crippen LogP contribution is 2.40. The van der Waals surface area contributed by atoms with Gasteiger partial charge in [-0.15, -0.1) is 11.3 Å². The molecule has 2 aromatic carbocycles. The molecular weight excluding hydrogens is 397 g/mol. The summed E-state index contributed by atoms with van der Waals surface area (Å²) in [5.41, 5.74) is -4.79. The molecule has 130 valence electrons. The quantitative estimate of drug-likeness (QED) is 0.453. The maximum absolute atomic E-state index is 12.5. The molecule has 0 aliphatic heterocycles. The fourth-order valence-corrected chi connectivity index (χ4v) is 4.75. The van der Waals surface area contributed by atoms with Crippen molar-refractivity contribution in [2.24, 2.45) is 0 Å². The van der Waals surface area contributed by atoms with Crippen LogP contribution in [0.5, 0.6) is 0 Å². The first-order valence-electron chi connectivity index (χ1n) is 6.56. The van der Waals surface area contributed by atoms with Crippen LogP contribution in [0.1, 0.15) is 0 Å². The second kappa shape index (κ2) is 6.73. The second-order valence-electron chi connectivity index (χ2n) is 4.65. The molecule has 0 saturated heterocycles. The molecule has 0 aliphatic carbocycles. The number of para-hydroxylation sites is 1. The summed E-state index contributed by atoms with van der Waals surface area (Å²) in [6, 6.07) is 10.1. The highest BCUT2D eigenvalue weighted by molar-refractivity contribution is 8.01. The van der Waals surface area contributed by atoms with Crippen molar-refractivity contribution < 1.29 is 22.3 Å². The van der Waals surface area contributed by atoms with Crippen LogP contribution in [0.3, 0.4) is 0 Å². The molecule has 0 radical (unpaired) electrons. The van der Waals surface area contributed by atoms with Crippen LogP contribution in [0.4, 0.5) is 18.9 Å². The lowest BCUT2D eigenvalue weighted by atomic mass is 10.3. The van der Waals surface area contributed by atoms with E-state index in [1.54, 1.807) is 12.1 Å². The van der Waals surface area contributed by atoms with Crippen molar-refractivity contribution in [3.05, 3.63) is 52.6 Å². The third-order valence-corrected chi connectivity index (χ3v) is 6.29. The monoisotopic (exact) mass is 404 g/mol. The van der Waals surface area contributed by atoms with Crippen molar-refractivity contribution in [3.8, 4) is 0 Å². The first-order valence-corrected chi connectivity index (χ1v) is 9.34. The third-order valence-electron chi connectivity index (χ3n) is 3.02. The Morgan fingerprint density at radius 2 is 1.92 bits per heavy atom. The number of aromatic nitrogens is 1. The fourth-order valence-electron chi connectivity index (χ4n) is 1.96. The van der Waals surface area contributed by atoms with Crippen molar-refractivity contribution in [1.82, 2.24) is 4.98 Å². The standard InChI is InChI=1S/C14H7F3N2O3S3/c15-14(16,17)25(22)8-5-6-12(10(7-8)19(20)21)24-13-18-9-3-1-2-4-11(9)23-13/h1-7H. The first-order chi connectivity index (χ1) is 11.8. The Labute approximate surface area is 149 Å². The molecule has 11 heteroatoms. The van der Waals surface area contributed by atoms with Crippen molar-refractivity contribution >= 4 is 49.8 Å². The third kappa shape index (κ3) is 3.83. The fraction of sp³-hybridized carbons (Fsp3) is 0.0714. The molecule has 0 fully saturated rings. The van der Waals surface area contributed by atoms with E-state index in [0.29, 0.717) is 10.4 Å². The molecular formula is C14H7F3N2O3S3. The summed E-state index contributed by atoms with van der Waals surface area (Å²) in [4.78, 5) is 14.2. The molecule has 3 aromatic rings. The maximum Gasteiger partial charge on any atom is 0.475 e. The number of nitro groups is 1. The van der Waals surface area contributed by atoms with Crippen molar-refractivity contribution in [3.63, 3.8) is 0 Å². The molecule has 1 heterocycles. The number of thiazole rings is 1. The molecule has 1 aromatic heterocycles. The number of nitro benzene ring substituents is 1. The Bertz CT molecular complexity index is 955. The Kier molecular flexibility index (Phi) is 4.80. The second-order valence-corrected chi connectivity index (χ2v) is 8.44. The Morgan fingerprint density at radius 1 is 1.20 bits per heavy atom. The van der Waals surface area contributed by atoms with E-state index in [9.17, 15) is 27.5 Å². The van der Waals surface area contributed by atoms with Gasteiger partial charge in [0.2, 0.25) is 0 Å². The summed E-state index contributed by atoms with van der Waals surface area (Å²) in [6.07, 6.45) is 0. The van der Waals surface area contributed by atoms with E-state index >= 15 is 0 Å². The first kappa shape index (κ1) is 17.8. The minimum atomic E-state index is -4.98. The molecule has 5 nitrogen and oxygen atoms in total. The molecule has 0 aliphatic rings. The predicted molar refractivity (Wildman–Crippen MR) is 89.3 cm³/mol. The summed E-state index contributed by atoms with van der Waals surface area (Å²) in [5.74, 6) is 0. The van der Waals surface area contributed by atoms with Crippen LogP contribution < -0.4 is 0 Å². The zero-order valence-corrected chi connectivity index (χ0v) is 14.5. The van der Waals surface area contributed by atoms with Crippen LogP contribution in [-0.4, -0.2) is 19.6 Å². The van der Waals surface area contributed by atoms with Crippen molar-refractivity contribution in [1.29, 1.82) is 0 Å². The van der Waals surface area contributed by atoms with Crippen LogP contribution in [0.15, 0.2) is 56.6 Å². The summed E-state index contributed by atoms with van der Waals surface area (Å²) in [6.45, 7) is 0. The molecule has 0 N–H and O–H groups in total. The summed E-state index contributed by atoms with van der Waals surface area (Å²) in [5, 5.41) is 11.2. The summed E-state index contributed by atoms with van der Waals surface area (Å²) in [7, 11) is -3.32. The largest absolute Gasteiger partial charge is 0.475 e. The smallest absolute Gasteiger partial charge is 0.258 e. The van der Waals surface area contributed by atoms with E-state index in [1.165, 1.54) is 11.3 Å². The van der Waals surface area contributed by atoms with Crippen LogP contribution in [0.2, 0.25) is 0 Å². The van der Waals surface area contributed by atoms with Gasteiger partial charge < -0.3 is 0 Å². The Balaban J connectivity index is 1.98. The van der Waals surface area contributed by atoms with Gasteiger partial charge in [0.1, 0.15) is 0 Å². The number of rotatable bonds is 4. The molecule has 1 unspecified atom stereocenters. The van der Waals surface area contributed by atoms with Gasteiger partial charge in [-0.25, -0.2) is 9.19 Å². The number of hydrogen-bond acceptors (Lipinski definition) is 6. The summed E-state index contributed by atoms with van der Waals surface area (Å²) >= 11 is 2.30. The number of benzene rings is 2. The minimum absolute atomic E-state index is 0.131. The zero-order chi connectivity index (χ0) is 18.2. The zero-order valence-electron chi connectivity index (χ0n) is 12.0. The average molecular weight is 404 g/mol. The van der Waals surface area contributed by atoms with E-state index < -0.39 is 31.8 Å². The lowest BCUT2D eigenvalue weighted by molar-refractivity contribution is -0.388. The molecule has 25 heavy (non-hydrogen) atoms. The normalized spacial score (nSPS) is 13.1. The lowest BCUT2D eigenvalue weighted by Gasteiger charge is -2.07. The predicted octanol–water partition coefficient (Wildman–Crippen LogP) is 4.98. The minimum Gasteiger partial charge on any atom is -0.258 e. The van der Waals surface area contributed by atoms with E-state index in [1.807, 2.05) is 12.1 Å². The SMILES string of the molecule is O=[N+]([O-])c1cc(S(=O)C(F)(F)F)ccc1Sc1nc2ccccc2s1. The van der Waals surface area contributed by atoms with Gasteiger partial charge in [-0.1, -0.05) is 23.9 Å². The van der Waals surface area contributed by atoms with Crippen LogP contribution in [0.25, 0.3) is 10.2 Å².